The summed E-state index contributed by atoms with van der Waals surface area (Å²) in [4.78, 5) is 0. The fraction of sp³-hybridized carbons (Fsp3) is 0.154. The molecule has 0 heterocycles. The molecule has 0 bridgehead atoms. The second-order valence-electron chi connectivity index (χ2n) is 7.21. The Morgan fingerprint density at radius 1 is 0.679 bits per heavy atom. The van der Waals surface area contributed by atoms with Crippen molar-refractivity contribution in [1.82, 2.24) is 0 Å². The summed E-state index contributed by atoms with van der Waals surface area (Å²) in [5, 5.41) is 0. The molecule has 0 saturated carbocycles. The van der Waals surface area contributed by atoms with Gasteiger partial charge in [0.1, 0.15) is 0 Å². The molecule has 2 heteroatoms. The monoisotopic (exact) mass is 418 g/mol. The van der Waals surface area contributed by atoms with E-state index in [1.54, 1.807) is 11.1 Å². The SMILES string of the molecule is CC1=Cc2ccccc2C1[SiH](C)C.[CH2-]c1ccccc1.[CH2-]c1ccccc1.[Ti+2]. The zero-order valence-corrected chi connectivity index (χ0v) is 19.9. The quantitative estimate of drug-likeness (QED) is 0.296. The maximum absolute atomic E-state index is 3.72. The van der Waals surface area contributed by atoms with Crippen molar-refractivity contribution in [3.05, 3.63) is 127 Å². The molecule has 28 heavy (non-hydrogen) atoms. The molecule has 1 atom stereocenters. The second kappa shape index (κ2) is 12.5. The number of rotatable bonds is 1. The van der Waals surface area contributed by atoms with Crippen LogP contribution in [0.2, 0.25) is 13.1 Å². The molecule has 0 fully saturated rings. The van der Waals surface area contributed by atoms with Gasteiger partial charge >= 0.3 is 21.7 Å². The van der Waals surface area contributed by atoms with Crippen LogP contribution in [-0.4, -0.2) is 8.80 Å². The molecule has 0 spiro atoms. The molecule has 0 aromatic heterocycles. The predicted molar refractivity (Wildman–Crippen MR) is 124 cm³/mol. The van der Waals surface area contributed by atoms with Gasteiger partial charge in [-0.3, -0.25) is 0 Å². The van der Waals surface area contributed by atoms with Crippen molar-refractivity contribution < 1.29 is 21.7 Å². The van der Waals surface area contributed by atoms with Gasteiger partial charge in [0.15, 0.2) is 0 Å². The minimum atomic E-state index is -0.586. The molecule has 4 rings (SSSR count). The topological polar surface area (TPSA) is 0 Å². The molecule has 142 valence electrons. The van der Waals surface area contributed by atoms with Gasteiger partial charge in [-0.25, -0.2) is 0 Å². The van der Waals surface area contributed by atoms with Crippen LogP contribution in [0.5, 0.6) is 0 Å². The zero-order valence-electron chi connectivity index (χ0n) is 17.2. The van der Waals surface area contributed by atoms with Crippen LogP contribution in [0.4, 0.5) is 0 Å². The smallest absolute Gasteiger partial charge is 0.199 e. The molecular weight excluding hydrogens is 388 g/mol. The summed E-state index contributed by atoms with van der Waals surface area (Å²) in [6.07, 6.45) is 2.35. The van der Waals surface area contributed by atoms with Crippen LogP contribution in [0.15, 0.2) is 90.5 Å². The molecule has 3 aromatic carbocycles. The van der Waals surface area contributed by atoms with E-state index in [0.29, 0.717) is 0 Å². The molecule has 0 radical (unpaired) electrons. The minimum Gasteiger partial charge on any atom is -0.199 e. The van der Waals surface area contributed by atoms with E-state index in [-0.39, 0.29) is 21.7 Å². The van der Waals surface area contributed by atoms with Gasteiger partial charge in [-0.15, -0.1) is 24.3 Å². The number of allylic oxidation sites excluding steroid dienone is 1. The largest absolute Gasteiger partial charge is 2.00 e. The maximum Gasteiger partial charge on any atom is 2.00 e. The molecule has 0 nitrogen and oxygen atoms in total. The summed E-state index contributed by atoms with van der Waals surface area (Å²) in [6, 6.07) is 28.6. The van der Waals surface area contributed by atoms with Crippen LogP contribution in [0, 0.1) is 13.8 Å². The van der Waals surface area contributed by atoms with Gasteiger partial charge in [-0.05, 0) is 23.6 Å². The summed E-state index contributed by atoms with van der Waals surface area (Å²) >= 11 is 0. The summed E-state index contributed by atoms with van der Waals surface area (Å²) in [5.41, 5.74) is 7.52. The normalized spacial score (nSPS) is 13.7. The Kier molecular flexibility index (Phi) is 10.8. The number of fused-ring (bicyclic) bond motifs is 1. The Labute approximate surface area is 188 Å². The van der Waals surface area contributed by atoms with Gasteiger partial charge in [0.25, 0.3) is 0 Å². The van der Waals surface area contributed by atoms with Crippen molar-refractivity contribution in [2.45, 2.75) is 25.6 Å². The molecule has 0 amide bonds. The first-order valence-corrected chi connectivity index (χ1v) is 12.5. The first-order valence-electron chi connectivity index (χ1n) is 9.50. The average molecular weight is 418 g/mol. The van der Waals surface area contributed by atoms with E-state index in [0.717, 1.165) is 16.7 Å². The van der Waals surface area contributed by atoms with Crippen LogP contribution in [0.1, 0.15) is 34.7 Å². The van der Waals surface area contributed by atoms with Gasteiger partial charge in [-0.2, -0.15) is 49.2 Å². The molecule has 1 unspecified atom stereocenters. The number of benzene rings is 3. The molecule has 0 saturated heterocycles. The molecule has 3 aromatic rings. The van der Waals surface area contributed by atoms with Gasteiger partial charge in [-0.1, -0.05) is 61.1 Å². The summed E-state index contributed by atoms with van der Waals surface area (Å²) in [6.45, 7) is 14.6. The molecule has 1 aliphatic carbocycles. The molecule has 1 aliphatic rings. The third-order valence-corrected chi connectivity index (χ3v) is 6.78. The van der Waals surface area contributed by atoms with Crippen molar-refractivity contribution in [1.29, 1.82) is 0 Å². The third-order valence-electron chi connectivity index (χ3n) is 4.56. The van der Waals surface area contributed by atoms with E-state index in [1.807, 2.05) is 60.7 Å². The van der Waals surface area contributed by atoms with E-state index in [4.69, 9.17) is 0 Å². The molecule has 0 N–H and O–H groups in total. The van der Waals surface area contributed by atoms with E-state index in [9.17, 15) is 0 Å². The Morgan fingerprint density at radius 3 is 1.50 bits per heavy atom. The van der Waals surface area contributed by atoms with Crippen LogP contribution in [-0.2, 0) is 21.7 Å². The van der Waals surface area contributed by atoms with Crippen molar-refractivity contribution >= 4 is 14.9 Å². The van der Waals surface area contributed by atoms with E-state index in [2.05, 4.69) is 64.2 Å². The minimum absolute atomic E-state index is 0. The van der Waals surface area contributed by atoms with Gasteiger partial charge in [0.2, 0.25) is 0 Å². The van der Waals surface area contributed by atoms with E-state index in [1.165, 1.54) is 5.56 Å². The van der Waals surface area contributed by atoms with Crippen LogP contribution in [0.3, 0.4) is 0 Å². The van der Waals surface area contributed by atoms with Crippen molar-refractivity contribution in [3.8, 4) is 0 Å². The van der Waals surface area contributed by atoms with Crippen molar-refractivity contribution in [2.24, 2.45) is 0 Å². The zero-order chi connectivity index (χ0) is 19.6. The molecule has 0 aliphatic heterocycles. The van der Waals surface area contributed by atoms with Crippen molar-refractivity contribution in [3.63, 3.8) is 0 Å². The Bertz CT molecular complexity index is 801. The fourth-order valence-corrected chi connectivity index (χ4v) is 5.52. The average Bonchev–Trinajstić information content (AvgIpc) is 3.00. The van der Waals surface area contributed by atoms with Crippen LogP contribution < -0.4 is 0 Å². The Balaban J connectivity index is 0.000000224. The van der Waals surface area contributed by atoms with Crippen LogP contribution in [0.25, 0.3) is 6.08 Å². The first kappa shape index (κ1) is 24.1. The third kappa shape index (κ3) is 7.60. The van der Waals surface area contributed by atoms with Gasteiger partial charge < -0.3 is 0 Å². The summed E-state index contributed by atoms with van der Waals surface area (Å²) in [7, 11) is -0.586. The standard InChI is InChI=1S/C12H16Si.2C7H7.Ti/c1-9-8-10-6-4-5-7-11(10)12(9)13(2)3;2*1-7-5-3-2-4-6-7;/h4-8,12-13H,1-3H3;2*2-6H,1H2;/q;2*-1;+2. The number of hydrogen-bond acceptors (Lipinski definition) is 0. The first-order chi connectivity index (χ1) is 13.0. The Hall–Kier alpha value is -1.93. The maximum atomic E-state index is 3.72. The summed E-state index contributed by atoms with van der Waals surface area (Å²) in [5.74, 6) is 0. The second-order valence-corrected chi connectivity index (χ2v) is 10.4. The fourth-order valence-electron chi connectivity index (χ4n) is 3.35. The van der Waals surface area contributed by atoms with Gasteiger partial charge in [0, 0.05) is 8.80 Å². The van der Waals surface area contributed by atoms with E-state index >= 15 is 0 Å². The Morgan fingerprint density at radius 2 is 1.11 bits per heavy atom. The molecular formula is C26H30SiTi. The van der Waals surface area contributed by atoms with E-state index < -0.39 is 8.80 Å². The predicted octanol–water partition coefficient (Wildman–Crippen LogP) is 6.95. The van der Waals surface area contributed by atoms with Crippen molar-refractivity contribution in [2.75, 3.05) is 0 Å². The number of hydrogen-bond donors (Lipinski definition) is 0. The van der Waals surface area contributed by atoms with Gasteiger partial charge in [0.05, 0.1) is 0 Å². The van der Waals surface area contributed by atoms with Crippen LogP contribution >= 0.6 is 0 Å². The summed E-state index contributed by atoms with van der Waals surface area (Å²) < 4.78 is 0.